The summed E-state index contributed by atoms with van der Waals surface area (Å²) in [5.74, 6) is 1.77. The van der Waals surface area contributed by atoms with Crippen LogP contribution in [0.25, 0.3) is 0 Å². The topological polar surface area (TPSA) is 98.5 Å². The number of rotatable bonds is 4. The molecule has 0 radical (unpaired) electrons. The minimum absolute atomic E-state index is 0.00183. The van der Waals surface area contributed by atoms with Gasteiger partial charge in [-0.05, 0) is 24.1 Å². The van der Waals surface area contributed by atoms with Crippen LogP contribution in [-0.2, 0) is 4.79 Å². The molecular weight excluding hydrogens is 396 g/mol. The van der Waals surface area contributed by atoms with E-state index in [1.165, 1.54) is 6.33 Å². The Morgan fingerprint density at radius 2 is 1.87 bits per heavy atom. The number of aromatic hydroxyl groups is 1. The van der Waals surface area contributed by atoms with Crippen LogP contribution in [0.5, 0.6) is 17.2 Å². The van der Waals surface area contributed by atoms with Gasteiger partial charge < -0.3 is 19.9 Å². The monoisotopic (exact) mass is 418 g/mol. The molecule has 0 bridgehead atoms. The first-order valence-corrected chi connectivity index (χ1v) is 10.0. The number of ether oxygens (including phenoxy) is 2. The molecule has 31 heavy (non-hydrogen) atoms. The van der Waals surface area contributed by atoms with Gasteiger partial charge in [-0.25, -0.2) is 4.68 Å². The first-order valence-electron chi connectivity index (χ1n) is 10.0. The number of carbonyl (C=O) groups excluding carboxylic acids is 1. The average Bonchev–Trinajstić information content (AvgIpc) is 3.25. The van der Waals surface area contributed by atoms with Crippen molar-refractivity contribution < 1.29 is 19.4 Å². The molecule has 8 heteroatoms. The fraction of sp³-hybridized carbons (Fsp3) is 0.261. The lowest BCUT2D eigenvalue weighted by atomic mass is 9.77. The van der Waals surface area contributed by atoms with Crippen LogP contribution in [0.15, 0.2) is 60.1 Å². The normalized spacial score (nSPS) is 20.0. The Morgan fingerprint density at radius 1 is 1.06 bits per heavy atom. The molecule has 0 unspecified atom stereocenters. The van der Waals surface area contributed by atoms with Crippen LogP contribution in [0.3, 0.4) is 0 Å². The third-order valence-corrected chi connectivity index (χ3v) is 5.97. The van der Waals surface area contributed by atoms with Crippen molar-refractivity contribution >= 4 is 11.7 Å². The van der Waals surface area contributed by atoms with E-state index in [2.05, 4.69) is 15.4 Å². The number of ketones is 1. The first-order chi connectivity index (χ1) is 15.1. The van der Waals surface area contributed by atoms with Gasteiger partial charge in [-0.1, -0.05) is 30.3 Å². The molecule has 2 N–H and O–H groups in total. The number of Topliss-reactive ketones (excluding diaryl/α,β-unsaturated/α-hetero) is 1. The zero-order valence-corrected chi connectivity index (χ0v) is 17.2. The minimum Gasteiger partial charge on any atom is -0.508 e. The van der Waals surface area contributed by atoms with Crippen molar-refractivity contribution in [2.45, 2.75) is 24.8 Å². The van der Waals surface area contributed by atoms with Crippen LogP contribution in [0.1, 0.15) is 35.9 Å². The predicted octanol–water partition coefficient (Wildman–Crippen LogP) is 3.42. The van der Waals surface area contributed by atoms with Gasteiger partial charge in [0.05, 0.1) is 14.2 Å². The number of methoxy groups -OCH3 is 2. The molecule has 5 rings (SSSR count). The van der Waals surface area contributed by atoms with Gasteiger partial charge in [0, 0.05) is 29.2 Å². The minimum atomic E-state index is -0.489. The van der Waals surface area contributed by atoms with Crippen LogP contribution in [0, 0.1) is 0 Å². The van der Waals surface area contributed by atoms with E-state index in [0.717, 1.165) is 16.8 Å². The summed E-state index contributed by atoms with van der Waals surface area (Å²) in [6.45, 7) is 0. The summed E-state index contributed by atoms with van der Waals surface area (Å²) >= 11 is 0. The lowest BCUT2D eigenvalue weighted by Gasteiger charge is -2.35. The molecule has 0 saturated carbocycles. The fourth-order valence-corrected chi connectivity index (χ4v) is 4.62. The number of benzene rings is 2. The van der Waals surface area contributed by atoms with Crippen molar-refractivity contribution in [2.75, 3.05) is 19.5 Å². The maximum absolute atomic E-state index is 13.5. The van der Waals surface area contributed by atoms with Crippen molar-refractivity contribution in [3.05, 3.63) is 71.2 Å². The highest BCUT2D eigenvalue weighted by Gasteiger charge is 2.41. The molecule has 2 aromatic carbocycles. The number of phenolic OH excluding ortho intramolecular Hbond substituents is 1. The molecule has 0 spiro atoms. The quantitative estimate of drug-likeness (QED) is 0.670. The zero-order chi connectivity index (χ0) is 21.5. The summed E-state index contributed by atoms with van der Waals surface area (Å²) in [6.07, 6.45) is 2.34. The van der Waals surface area contributed by atoms with Crippen molar-refractivity contribution in [2.24, 2.45) is 0 Å². The molecule has 2 aliphatic rings. The molecule has 0 amide bonds. The molecule has 0 saturated heterocycles. The summed E-state index contributed by atoms with van der Waals surface area (Å²) in [5.41, 5.74) is 2.97. The van der Waals surface area contributed by atoms with Gasteiger partial charge in [-0.15, -0.1) is 0 Å². The smallest absolute Gasteiger partial charge is 0.226 e. The maximum atomic E-state index is 13.5. The number of anilines is 1. The van der Waals surface area contributed by atoms with Crippen molar-refractivity contribution in [1.29, 1.82) is 0 Å². The van der Waals surface area contributed by atoms with Crippen molar-refractivity contribution in [1.82, 2.24) is 14.8 Å². The Labute approximate surface area is 179 Å². The number of aromatic nitrogens is 3. The average molecular weight is 418 g/mol. The molecule has 1 aliphatic heterocycles. The summed E-state index contributed by atoms with van der Waals surface area (Å²) in [4.78, 5) is 17.8. The molecular formula is C23H22N4O4. The van der Waals surface area contributed by atoms with Gasteiger partial charge in [0.25, 0.3) is 0 Å². The van der Waals surface area contributed by atoms with E-state index >= 15 is 0 Å². The molecule has 3 aromatic rings. The van der Waals surface area contributed by atoms with Crippen molar-refractivity contribution in [3.8, 4) is 17.2 Å². The SMILES string of the molecule is COc1cccc([C@@H]2C3=C(C[C@@H](c4ccccc4O)CC3=O)Nc3ncnn32)c1OC. The van der Waals surface area contributed by atoms with Crippen LogP contribution in [-0.4, -0.2) is 39.9 Å². The fourth-order valence-electron chi connectivity index (χ4n) is 4.62. The number of para-hydroxylation sites is 2. The van der Waals surface area contributed by atoms with Gasteiger partial charge in [0.2, 0.25) is 5.95 Å². The molecule has 8 nitrogen and oxygen atoms in total. The van der Waals surface area contributed by atoms with E-state index in [1.807, 2.05) is 30.3 Å². The predicted molar refractivity (Wildman–Crippen MR) is 113 cm³/mol. The van der Waals surface area contributed by atoms with Gasteiger partial charge in [0.15, 0.2) is 17.3 Å². The Hall–Kier alpha value is -3.81. The van der Waals surface area contributed by atoms with E-state index < -0.39 is 6.04 Å². The standard InChI is InChI=1S/C23H22N4O4/c1-30-19-9-5-7-15(22(19)31-2)21-20-16(26-23-24-12-25-27(21)23)10-13(11-18(20)29)14-6-3-4-8-17(14)28/h3-9,12-13,21,28H,10-11H2,1-2H3,(H,24,25,26)/t13-,21-/m1/s1. The second kappa shape index (κ2) is 7.46. The number of hydrogen-bond donors (Lipinski definition) is 2. The van der Waals surface area contributed by atoms with Crippen LogP contribution in [0.2, 0.25) is 0 Å². The second-order valence-electron chi connectivity index (χ2n) is 7.62. The summed E-state index contributed by atoms with van der Waals surface area (Å²) in [7, 11) is 3.16. The summed E-state index contributed by atoms with van der Waals surface area (Å²) < 4.78 is 12.8. The van der Waals surface area contributed by atoms with Gasteiger partial charge in [-0.3, -0.25) is 4.79 Å². The lowest BCUT2D eigenvalue weighted by molar-refractivity contribution is -0.116. The number of fused-ring (bicyclic) bond motifs is 1. The zero-order valence-electron chi connectivity index (χ0n) is 17.2. The number of nitrogens with zero attached hydrogens (tertiary/aromatic N) is 3. The third-order valence-electron chi connectivity index (χ3n) is 5.97. The number of phenols is 1. The van der Waals surface area contributed by atoms with Crippen LogP contribution in [0.4, 0.5) is 5.95 Å². The largest absolute Gasteiger partial charge is 0.508 e. The van der Waals surface area contributed by atoms with Gasteiger partial charge in [0.1, 0.15) is 18.1 Å². The third kappa shape index (κ3) is 3.02. The molecule has 1 aliphatic carbocycles. The van der Waals surface area contributed by atoms with E-state index in [1.54, 1.807) is 31.0 Å². The van der Waals surface area contributed by atoms with Crippen molar-refractivity contribution in [3.63, 3.8) is 0 Å². The lowest BCUT2D eigenvalue weighted by Crippen LogP contribution is -2.33. The van der Waals surface area contributed by atoms with E-state index in [-0.39, 0.29) is 17.5 Å². The van der Waals surface area contributed by atoms with Gasteiger partial charge >= 0.3 is 0 Å². The Morgan fingerprint density at radius 3 is 2.65 bits per heavy atom. The van der Waals surface area contributed by atoms with Gasteiger partial charge in [-0.2, -0.15) is 10.1 Å². The molecule has 1 aromatic heterocycles. The molecule has 2 heterocycles. The van der Waals surface area contributed by atoms with Crippen LogP contribution < -0.4 is 14.8 Å². The first kappa shape index (κ1) is 19.2. The number of carbonyl (C=O) groups is 1. The number of allylic oxidation sites excluding steroid dienone is 2. The second-order valence-corrected chi connectivity index (χ2v) is 7.62. The van der Waals surface area contributed by atoms with E-state index in [9.17, 15) is 9.90 Å². The van der Waals surface area contributed by atoms with E-state index in [0.29, 0.717) is 35.9 Å². The summed E-state index contributed by atoms with van der Waals surface area (Å²) in [5, 5.41) is 18.0. The number of hydrogen-bond acceptors (Lipinski definition) is 7. The summed E-state index contributed by atoms with van der Waals surface area (Å²) in [6, 6.07) is 12.3. The molecule has 2 atom stereocenters. The number of nitrogens with one attached hydrogen (secondary N) is 1. The Balaban J connectivity index is 1.65. The molecule has 0 fully saturated rings. The van der Waals surface area contributed by atoms with Crippen LogP contribution >= 0.6 is 0 Å². The highest BCUT2D eigenvalue weighted by Crippen LogP contribution is 2.48. The maximum Gasteiger partial charge on any atom is 0.226 e. The Kier molecular flexibility index (Phi) is 4.62. The van der Waals surface area contributed by atoms with E-state index in [4.69, 9.17) is 9.47 Å². The molecule has 158 valence electrons. The highest BCUT2D eigenvalue weighted by molar-refractivity contribution is 6.00. The Bertz CT molecular complexity index is 1200. The highest BCUT2D eigenvalue weighted by atomic mass is 16.5.